The summed E-state index contributed by atoms with van der Waals surface area (Å²) < 4.78 is 6.46. The van der Waals surface area contributed by atoms with Crippen LogP contribution in [0.3, 0.4) is 0 Å². The summed E-state index contributed by atoms with van der Waals surface area (Å²) in [7, 11) is 0. The highest BCUT2D eigenvalue weighted by Crippen LogP contribution is 2.33. The van der Waals surface area contributed by atoms with Crippen LogP contribution in [0.15, 0.2) is 23.1 Å². The van der Waals surface area contributed by atoms with E-state index in [1.165, 1.54) is 0 Å². The molecule has 150 valence electrons. The molecule has 6 nitrogen and oxygen atoms in total. The van der Waals surface area contributed by atoms with E-state index in [1.54, 1.807) is 11.0 Å². The van der Waals surface area contributed by atoms with E-state index in [0.717, 1.165) is 57.2 Å². The quantitative estimate of drug-likeness (QED) is 0.437. The molecule has 0 N–H and O–H groups in total. The lowest BCUT2D eigenvalue weighted by atomic mass is 10.2. The van der Waals surface area contributed by atoms with E-state index in [2.05, 4.69) is 22.6 Å². The van der Waals surface area contributed by atoms with Crippen LogP contribution in [0.1, 0.15) is 38.2 Å². The van der Waals surface area contributed by atoms with Crippen LogP contribution >= 0.6 is 34.4 Å². The van der Waals surface area contributed by atoms with E-state index in [0.29, 0.717) is 24.6 Å². The van der Waals surface area contributed by atoms with Crippen molar-refractivity contribution in [3.05, 3.63) is 32.2 Å². The molecule has 0 unspecified atom stereocenters. The number of halogens is 1. The van der Waals surface area contributed by atoms with Gasteiger partial charge >= 0.3 is 0 Å². The minimum absolute atomic E-state index is 0.152. The van der Waals surface area contributed by atoms with Crippen LogP contribution in [0.5, 0.6) is 5.75 Å². The maximum absolute atomic E-state index is 12.7. The normalized spacial score (nSPS) is 19.3. The van der Waals surface area contributed by atoms with Gasteiger partial charge in [-0.1, -0.05) is 18.9 Å². The lowest BCUT2D eigenvalue weighted by Gasteiger charge is -2.22. The Kier molecular flexibility index (Phi) is 7.39. The van der Waals surface area contributed by atoms with E-state index in [9.17, 15) is 14.4 Å². The van der Waals surface area contributed by atoms with Crippen molar-refractivity contribution in [2.75, 3.05) is 26.2 Å². The van der Waals surface area contributed by atoms with Gasteiger partial charge in [0.15, 0.2) is 0 Å². The van der Waals surface area contributed by atoms with Gasteiger partial charge in [0.05, 0.1) is 15.1 Å². The van der Waals surface area contributed by atoms with Crippen LogP contribution in [0.4, 0.5) is 4.79 Å². The number of thioether (sulfide) groups is 1. The highest BCUT2D eigenvalue weighted by Gasteiger charge is 2.37. The first kappa shape index (κ1) is 21.2. The summed E-state index contributed by atoms with van der Waals surface area (Å²) in [5.41, 5.74) is 0.817. The minimum atomic E-state index is -0.401. The van der Waals surface area contributed by atoms with Crippen LogP contribution in [0.2, 0.25) is 0 Å². The predicted molar refractivity (Wildman–Crippen MR) is 118 cm³/mol. The molecule has 2 heterocycles. The van der Waals surface area contributed by atoms with E-state index in [-0.39, 0.29) is 17.7 Å². The number of hydrogen-bond donors (Lipinski definition) is 0. The molecule has 3 amide bonds. The van der Waals surface area contributed by atoms with Crippen LogP contribution in [-0.4, -0.2) is 53.1 Å². The zero-order valence-electron chi connectivity index (χ0n) is 15.8. The Morgan fingerprint density at radius 2 is 1.93 bits per heavy atom. The Morgan fingerprint density at radius 1 is 1.21 bits per heavy atom. The molecular formula is C20H23IN2O4S. The molecule has 0 spiro atoms. The van der Waals surface area contributed by atoms with Gasteiger partial charge in [-0.05, 0) is 77.9 Å². The lowest BCUT2D eigenvalue weighted by molar-refractivity contribution is -0.135. The topological polar surface area (TPSA) is 66.9 Å². The van der Waals surface area contributed by atoms with Gasteiger partial charge in [0.2, 0.25) is 5.91 Å². The molecule has 0 aliphatic carbocycles. The average Bonchev–Trinajstić information content (AvgIpc) is 2.88. The van der Waals surface area contributed by atoms with Crippen molar-refractivity contribution >= 4 is 57.5 Å². The maximum atomic E-state index is 12.7. The highest BCUT2D eigenvalue weighted by molar-refractivity contribution is 14.1. The molecule has 2 saturated heterocycles. The Hall–Kier alpha value is -1.55. The minimum Gasteiger partial charge on any atom is -0.493 e. The fourth-order valence-corrected chi connectivity index (χ4v) is 4.76. The van der Waals surface area contributed by atoms with E-state index in [4.69, 9.17) is 4.74 Å². The number of hydrogen-bond acceptors (Lipinski definition) is 5. The van der Waals surface area contributed by atoms with Crippen molar-refractivity contribution in [3.8, 4) is 5.75 Å². The zero-order chi connectivity index (χ0) is 20.1. The molecule has 1 aromatic carbocycles. The molecule has 0 saturated carbocycles. The highest BCUT2D eigenvalue weighted by atomic mass is 127. The van der Waals surface area contributed by atoms with Crippen LogP contribution in [-0.2, 0) is 9.59 Å². The number of carbonyl (C=O) groups excluding carboxylic acids is 3. The van der Waals surface area contributed by atoms with Crippen molar-refractivity contribution in [2.45, 2.75) is 32.6 Å². The third-order valence-corrected chi connectivity index (χ3v) is 6.43. The SMILES string of the molecule is CCOc1ccc(C=C2SC(=O)N(CC(=O)N3CCCCCC3)C2=O)cc1I. The zero-order valence-corrected chi connectivity index (χ0v) is 18.8. The van der Waals surface area contributed by atoms with Crippen molar-refractivity contribution in [1.82, 2.24) is 9.80 Å². The van der Waals surface area contributed by atoms with Gasteiger partial charge in [-0.2, -0.15) is 0 Å². The van der Waals surface area contributed by atoms with Gasteiger partial charge in [0.25, 0.3) is 11.1 Å². The van der Waals surface area contributed by atoms with E-state index < -0.39 is 5.91 Å². The van der Waals surface area contributed by atoms with Gasteiger partial charge in [-0.3, -0.25) is 19.3 Å². The van der Waals surface area contributed by atoms with E-state index >= 15 is 0 Å². The second-order valence-corrected chi connectivity index (χ2v) is 8.84. The Labute approximate surface area is 182 Å². The molecule has 1 aromatic rings. The average molecular weight is 514 g/mol. The van der Waals surface area contributed by atoms with Gasteiger partial charge in [0.1, 0.15) is 12.3 Å². The molecule has 3 rings (SSSR count). The maximum Gasteiger partial charge on any atom is 0.294 e. The van der Waals surface area contributed by atoms with Crippen molar-refractivity contribution in [2.24, 2.45) is 0 Å². The van der Waals surface area contributed by atoms with Crippen molar-refractivity contribution in [3.63, 3.8) is 0 Å². The van der Waals surface area contributed by atoms with Crippen molar-refractivity contribution in [1.29, 1.82) is 0 Å². The molecule has 0 bridgehead atoms. The summed E-state index contributed by atoms with van der Waals surface area (Å²) >= 11 is 3.06. The molecule has 0 atom stereocenters. The number of nitrogens with zero attached hydrogens (tertiary/aromatic N) is 2. The van der Waals surface area contributed by atoms with Gasteiger partial charge in [-0.25, -0.2) is 0 Å². The molecule has 28 heavy (non-hydrogen) atoms. The van der Waals surface area contributed by atoms with Gasteiger partial charge in [-0.15, -0.1) is 0 Å². The predicted octanol–water partition coefficient (Wildman–Crippen LogP) is 4.13. The number of ether oxygens (including phenoxy) is 1. The smallest absolute Gasteiger partial charge is 0.294 e. The molecule has 8 heteroatoms. The Morgan fingerprint density at radius 3 is 2.57 bits per heavy atom. The molecule has 0 aromatic heterocycles. The number of imide groups is 1. The summed E-state index contributed by atoms with van der Waals surface area (Å²) in [5, 5.41) is -0.389. The molecular weight excluding hydrogens is 491 g/mol. The third-order valence-electron chi connectivity index (χ3n) is 4.68. The fourth-order valence-electron chi connectivity index (χ4n) is 3.22. The summed E-state index contributed by atoms with van der Waals surface area (Å²) in [6.07, 6.45) is 5.89. The number of carbonyl (C=O) groups is 3. The number of benzene rings is 1. The van der Waals surface area contributed by atoms with Crippen LogP contribution < -0.4 is 4.74 Å². The first-order valence-corrected chi connectivity index (χ1v) is 11.3. The summed E-state index contributed by atoms with van der Waals surface area (Å²) in [6.45, 7) is 3.74. The lowest BCUT2D eigenvalue weighted by Crippen LogP contribution is -2.42. The largest absolute Gasteiger partial charge is 0.493 e. The number of amides is 3. The standard InChI is InChI=1S/C20H23IN2O4S/c1-2-27-16-8-7-14(11-15(16)21)12-17-19(25)23(20(26)28-17)13-18(24)22-9-5-3-4-6-10-22/h7-8,11-12H,2-6,9-10,13H2,1H3. The van der Waals surface area contributed by atoms with Gasteiger partial charge in [0, 0.05) is 13.1 Å². The summed E-state index contributed by atoms with van der Waals surface area (Å²) in [6, 6.07) is 5.61. The molecule has 0 radical (unpaired) electrons. The number of rotatable bonds is 5. The number of likely N-dealkylation sites (tertiary alicyclic amines) is 1. The van der Waals surface area contributed by atoms with Crippen molar-refractivity contribution < 1.29 is 19.1 Å². The van der Waals surface area contributed by atoms with Crippen LogP contribution in [0, 0.1) is 3.57 Å². The first-order chi connectivity index (χ1) is 13.5. The third kappa shape index (κ3) is 5.08. The van der Waals surface area contributed by atoms with Crippen LogP contribution in [0.25, 0.3) is 6.08 Å². The Balaban J connectivity index is 1.69. The second-order valence-electron chi connectivity index (χ2n) is 6.69. The Bertz CT molecular complexity index is 803. The molecule has 2 aliphatic heterocycles. The first-order valence-electron chi connectivity index (χ1n) is 9.45. The monoisotopic (exact) mass is 514 g/mol. The fraction of sp³-hybridized carbons (Fsp3) is 0.450. The molecule has 2 fully saturated rings. The summed E-state index contributed by atoms with van der Waals surface area (Å²) in [5.74, 6) is 0.236. The van der Waals surface area contributed by atoms with E-state index in [1.807, 2.05) is 25.1 Å². The van der Waals surface area contributed by atoms with Gasteiger partial charge < -0.3 is 9.64 Å². The molecule has 2 aliphatic rings. The second kappa shape index (κ2) is 9.78. The summed E-state index contributed by atoms with van der Waals surface area (Å²) in [4.78, 5) is 40.7.